The Labute approximate surface area is 97.6 Å². The first-order chi connectivity index (χ1) is 6.68. The van der Waals surface area contributed by atoms with Gasteiger partial charge in [-0.3, -0.25) is 4.79 Å². The van der Waals surface area contributed by atoms with Crippen LogP contribution in [-0.2, 0) is 0 Å². The molecule has 1 aromatic heterocycles. The molecule has 0 amide bonds. The van der Waals surface area contributed by atoms with E-state index < -0.39 is 0 Å². The molecule has 0 radical (unpaired) electrons. The topological polar surface area (TPSA) is 32.9 Å². The summed E-state index contributed by atoms with van der Waals surface area (Å²) in [6, 6.07) is 9.32. The zero-order valence-corrected chi connectivity index (χ0v) is 10.3. The molecule has 0 atom stereocenters. The lowest BCUT2D eigenvalue weighted by Gasteiger charge is -2.06. The van der Waals surface area contributed by atoms with Gasteiger partial charge in [0.2, 0.25) is 5.56 Å². The van der Waals surface area contributed by atoms with Crippen LogP contribution in [-0.4, -0.2) is 4.98 Å². The van der Waals surface area contributed by atoms with Gasteiger partial charge in [-0.05, 0) is 11.6 Å². The Morgan fingerprint density at radius 1 is 1.21 bits per heavy atom. The number of hydrogen-bond donors (Lipinski definition) is 1. The maximum atomic E-state index is 11.3. The van der Waals surface area contributed by atoms with Crippen LogP contribution in [0.15, 0.2) is 35.1 Å². The van der Waals surface area contributed by atoms with Crippen LogP contribution in [0.5, 0.6) is 0 Å². The Morgan fingerprint density at radius 3 is 2.64 bits per heavy atom. The average molecular weight is 317 g/mol. The maximum absolute atomic E-state index is 11.3. The lowest BCUT2D eigenvalue weighted by atomic mass is 10.1. The van der Waals surface area contributed by atoms with E-state index >= 15 is 0 Å². The molecule has 1 heterocycles. The van der Waals surface area contributed by atoms with Crippen molar-refractivity contribution in [1.82, 2.24) is 4.98 Å². The largest absolute Gasteiger partial charge is 0.322 e. The molecule has 0 aliphatic heterocycles. The van der Waals surface area contributed by atoms with Gasteiger partial charge in [0.05, 0.1) is 3.74 Å². The number of alkyl halides is 2. The molecule has 0 unspecified atom stereocenters. The summed E-state index contributed by atoms with van der Waals surface area (Å²) in [7, 11) is 0. The lowest BCUT2D eigenvalue weighted by molar-refractivity contribution is 1.27. The van der Waals surface area contributed by atoms with Crippen molar-refractivity contribution in [3.63, 3.8) is 0 Å². The van der Waals surface area contributed by atoms with E-state index in [1.165, 1.54) is 0 Å². The molecule has 1 aromatic carbocycles. The number of nitrogens with one attached hydrogen (secondary N) is 1. The van der Waals surface area contributed by atoms with Crippen molar-refractivity contribution in [2.24, 2.45) is 0 Å². The Kier molecular flexibility index (Phi) is 2.74. The minimum absolute atomic E-state index is 0.00204. The third kappa shape index (κ3) is 1.77. The van der Waals surface area contributed by atoms with Gasteiger partial charge < -0.3 is 4.98 Å². The van der Waals surface area contributed by atoms with E-state index in [1.807, 2.05) is 24.3 Å². The van der Waals surface area contributed by atoms with E-state index in [-0.39, 0.29) is 9.30 Å². The Hall–Kier alpha value is -0.610. The van der Waals surface area contributed by atoms with Gasteiger partial charge in [-0.1, -0.05) is 50.1 Å². The van der Waals surface area contributed by atoms with Gasteiger partial charge in [0.15, 0.2) is 0 Å². The molecule has 4 heteroatoms. The van der Waals surface area contributed by atoms with Crippen molar-refractivity contribution < 1.29 is 0 Å². The van der Waals surface area contributed by atoms with Crippen LogP contribution in [0.25, 0.3) is 10.9 Å². The smallest absolute Gasteiger partial charge is 0.248 e. The second-order valence-electron chi connectivity index (χ2n) is 2.94. The number of aromatic amines is 1. The molecule has 0 aliphatic rings. The maximum Gasteiger partial charge on any atom is 0.248 e. The molecule has 0 bridgehead atoms. The number of fused-ring (bicyclic) bond motifs is 1. The Balaban J connectivity index is 2.87. The molecule has 14 heavy (non-hydrogen) atoms. The Morgan fingerprint density at radius 2 is 1.93 bits per heavy atom. The van der Waals surface area contributed by atoms with Gasteiger partial charge in [-0.2, -0.15) is 0 Å². The average Bonchev–Trinajstić information content (AvgIpc) is 2.16. The molecule has 0 aliphatic carbocycles. The van der Waals surface area contributed by atoms with Gasteiger partial charge in [0.25, 0.3) is 0 Å². The molecule has 2 rings (SSSR count). The molecular weight excluding hydrogens is 310 g/mol. The fraction of sp³-hybridized carbons (Fsp3) is 0.100. The number of aromatic nitrogens is 1. The highest BCUT2D eigenvalue weighted by Gasteiger charge is 2.08. The summed E-state index contributed by atoms with van der Waals surface area (Å²) in [5.74, 6) is 0. The first kappa shape index (κ1) is 9.93. The van der Waals surface area contributed by atoms with Gasteiger partial charge in [0, 0.05) is 17.0 Å². The van der Waals surface area contributed by atoms with Crippen molar-refractivity contribution in [1.29, 1.82) is 0 Å². The third-order valence-corrected chi connectivity index (χ3v) is 3.00. The molecule has 0 saturated carbocycles. The summed E-state index contributed by atoms with van der Waals surface area (Å²) in [5, 5.41) is 1.05. The second-order valence-corrected chi connectivity index (χ2v) is 6.00. The second kappa shape index (κ2) is 3.87. The minimum Gasteiger partial charge on any atom is -0.322 e. The van der Waals surface area contributed by atoms with E-state index in [0.717, 1.165) is 16.5 Å². The summed E-state index contributed by atoms with van der Waals surface area (Å²) >= 11 is 6.80. The molecule has 2 aromatic rings. The molecule has 1 N–H and O–H groups in total. The Bertz CT molecular complexity index is 519. The molecule has 0 fully saturated rings. The van der Waals surface area contributed by atoms with E-state index in [1.54, 1.807) is 6.07 Å². The fourth-order valence-electron chi connectivity index (χ4n) is 1.41. The zero-order chi connectivity index (χ0) is 10.1. The highest BCUT2D eigenvalue weighted by Crippen LogP contribution is 2.32. The quantitative estimate of drug-likeness (QED) is 0.804. The summed E-state index contributed by atoms with van der Waals surface area (Å²) in [5.41, 5.74) is 1.73. The van der Waals surface area contributed by atoms with Crippen LogP contribution in [0.4, 0.5) is 0 Å². The van der Waals surface area contributed by atoms with Crippen molar-refractivity contribution in [2.45, 2.75) is 3.74 Å². The molecule has 0 saturated heterocycles. The third-order valence-electron chi connectivity index (χ3n) is 2.02. The van der Waals surface area contributed by atoms with Crippen LogP contribution < -0.4 is 5.56 Å². The van der Waals surface area contributed by atoms with E-state index in [0.29, 0.717) is 0 Å². The highest BCUT2D eigenvalue weighted by atomic mass is 79.9. The van der Waals surface area contributed by atoms with Crippen LogP contribution in [0, 0.1) is 0 Å². The van der Waals surface area contributed by atoms with Crippen molar-refractivity contribution in [3.05, 3.63) is 46.2 Å². The standard InChI is InChI=1S/C10H7Br2NO/c11-10(12)7-5-9(14)13-8-4-2-1-3-6(7)8/h1-5,10H,(H,13,14). The first-order valence-corrected chi connectivity index (χ1v) is 5.92. The minimum atomic E-state index is -0.0809. The van der Waals surface area contributed by atoms with Crippen LogP contribution in [0.3, 0.4) is 0 Å². The van der Waals surface area contributed by atoms with Gasteiger partial charge >= 0.3 is 0 Å². The molecular formula is C10H7Br2NO. The predicted molar refractivity (Wildman–Crippen MR) is 65.2 cm³/mol. The number of hydrogen-bond acceptors (Lipinski definition) is 1. The number of para-hydroxylation sites is 1. The predicted octanol–water partition coefficient (Wildman–Crippen LogP) is 3.32. The normalized spacial score (nSPS) is 11.1. The summed E-state index contributed by atoms with van der Waals surface area (Å²) in [6.45, 7) is 0. The van der Waals surface area contributed by atoms with E-state index in [2.05, 4.69) is 36.8 Å². The number of rotatable bonds is 1. The van der Waals surface area contributed by atoms with Crippen LogP contribution >= 0.6 is 31.9 Å². The van der Waals surface area contributed by atoms with E-state index in [4.69, 9.17) is 0 Å². The number of halogens is 2. The van der Waals surface area contributed by atoms with Gasteiger partial charge in [-0.25, -0.2) is 0 Å². The van der Waals surface area contributed by atoms with E-state index in [9.17, 15) is 4.79 Å². The number of H-pyrrole nitrogens is 1. The van der Waals surface area contributed by atoms with Gasteiger partial charge in [-0.15, -0.1) is 0 Å². The number of pyridine rings is 1. The summed E-state index contributed by atoms with van der Waals surface area (Å²) in [4.78, 5) is 14.1. The first-order valence-electron chi connectivity index (χ1n) is 4.08. The van der Waals surface area contributed by atoms with Gasteiger partial charge in [0.1, 0.15) is 0 Å². The van der Waals surface area contributed by atoms with Crippen LogP contribution in [0.2, 0.25) is 0 Å². The number of benzene rings is 1. The molecule has 2 nitrogen and oxygen atoms in total. The van der Waals surface area contributed by atoms with Crippen molar-refractivity contribution in [2.75, 3.05) is 0 Å². The lowest BCUT2D eigenvalue weighted by Crippen LogP contribution is -2.06. The molecule has 0 spiro atoms. The van der Waals surface area contributed by atoms with Crippen molar-refractivity contribution in [3.8, 4) is 0 Å². The van der Waals surface area contributed by atoms with Crippen LogP contribution in [0.1, 0.15) is 9.30 Å². The monoisotopic (exact) mass is 315 g/mol. The summed E-state index contributed by atoms with van der Waals surface area (Å²) < 4.78 is 0.00204. The fourth-order valence-corrected chi connectivity index (χ4v) is 2.17. The van der Waals surface area contributed by atoms with Crippen molar-refractivity contribution >= 4 is 42.8 Å². The zero-order valence-electron chi connectivity index (χ0n) is 7.13. The summed E-state index contributed by atoms with van der Waals surface area (Å²) in [6.07, 6.45) is 0. The highest BCUT2D eigenvalue weighted by molar-refractivity contribution is 9.24. The molecule has 72 valence electrons. The SMILES string of the molecule is O=c1cc(C(Br)Br)c2ccccc2[nH]1.